The second kappa shape index (κ2) is 5.05. The number of aryl methyl sites for hydroxylation is 1. The van der Waals surface area contributed by atoms with Crippen LogP contribution in [0.1, 0.15) is 28.4 Å². The quantitative estimate of drug-likeness (QED) is 0.867. The van der Waals surface area contributed by atoms with E-state index in [0.717, 1.165) is 17.7 Å². The van der Waals surface area contributed by atoms with Gasteiger partial charge in [0.15, 0.2) is 0 Å². The minimum Gasteiger partial charge on any atom is -0.384 e. The van der Waals surface area contributed by atoms with Crippen molar-refractivity contribution in [3.63, 3.8) is 0 Å². The minimum atomic E-state index is -4.35. The summed E-state index contributed by atoms with van der Waals surface area (Å²) in [5.41, 5.74) is 1.44. The molecular formula is C15H13F3O. The van der Waals surface area contributed by atoms with Crippen molar-refractivity contribution in [1.82, 2.24) is 0 Å². The molecular weight excluding hydrogens is 253 g/mol. The number of hydrogen-bond acceptors (Lipinski definition) is 1. The average molecular weight is 266 g/mol. The highest BCUT2D eigenvalue weighted by Gasteiger charge is 2.30. The van der Waals surface area contributed by atoms with Crippen molar-refractivity contribution in [3.05, 3.63) is 70.8 Å². The summed E-state index contributed by atoms with van der Waals surface area (Å²) in [5, 5.41) is 10.1. The SMILES string of the molecule is Cc1ccc(C(O)c2ccc(C(F)(F)F)cc2)cc1. The van der Waals surface area contributed by atoms with Crippen LogP contribution in [0.4, 0.5) is 13.2 Å². The third-order valence-corrected chi connectivity index (χ3v) is 2.95. The molecule has 0 bridgehead atoms. The van der Waals surface area contributed by atoms with Crippen LogP contribution in [0.25, 0.3) is 0 Å². The maximum atomic E-state index is 12.4. The summed E-state index contributed by atoms with van der Waals surface area (Å²) in [6.45, 7) is 1.92. The summed E-state index contributed by atoms with van der Waals surface area (Å²) in [6.07, 6.45) is -5.27. The van der Waals surface area contributed by atoms with Crippen molar-refractivity contribution < 1.29 is 18.3 Å². The van der Waals surface area contributed by atoms with E-state index in [4.69, 9.17) is 0 Å². The van der Waals surface area contributed by atoms with E-state index in [2.05, 4.69) is 0 Å². The Balaban J connectivity index is 2.25. The van der Waals surface area contributed by atoms with Gasteiger partial charge in [-0.1, -0.05) is 42.0 Å². The summed E-state index contributed by atoms with van der Waals surface area (Å²) in [6, 6.07) is 11.8. The fourth-order valence-electron chi connectivity index (χ4n) is 1.80. The van der Waals surface area contributed by atoms with Crippen LogP contribution in [0.2, 0.25) is 0 Å². The Morgan fingerprint density at radius 2 is 1.26 bits per heavy atom. The van der Waals surface area contributed by atoms with Crippen LogP contribution in [0.5, 0.6) is 0 Å². The van der Waals surface area contributed by atoms with Crippen molar-refractivity contribution in [2.75, 3.05) is 0 Å². The third kappa shape index (κ3) is 3.15. The molecule has 0 fully saturated rings. The zero-order chi connectivity index (χ0) is 14.0. The summed E-state index contributed by atoms with van der Waals surface area (Å²) in [5.74, 6) is 0. The molecule has 0 aliphatic heterocycles. The lowest BCUT2D eigenvalue weighted by Crippen LogP contribution is -2.06. The van der Waals surface area contributed by atoms with E-state index in [1.807, 2.05) is 19.1 Å². The number of aliphatic hydroxyl groups is 1. The van der Waals surface area contributed by atoms with Gasteiger partial charge in [0.25, 0.3) is 0 Å². The Bertz CT molecular complexity index is 541. The molecule has 0 saturated carbocycles. The number of aliphatic hydroxyl groups excluding tert-OH is 1. The lowest BCUT2D eigenvalue weighted by molar-refractivity contribution is -0.137. The predicted octanol–water partition coefficient (Wildman–Crippen LogP) is 4.10. The van der Waals surface area contributed by atoms with Crippen LogP contribution in [0, 0.1) is 6.92 Å². The smallest absolute Gasteiger partial charge is 0.384 e. The molecule has 19 heavy (non-hydrogen) atoms. The Kier molecular flexibility index (Phi) is 3.62. The van der Waals surface area contributed by atoms with Crippen LogP contribution >= 0.6 is 0 Å². The van der Waals surface area contributed by atoms with E-state index in [1.54, 1.807) is 12.1 Å². The molecule has 0 saturated heterocycles. The van der Waals surface area contributed by atoms with Gasteiger partial charge in [-0.05, 0) is 30.2 Å². The first-order valence-electron chi connectivity index (χ1n) is 5.80. The number of rotatable bonds is 2. The first-order chi connectivity index (χ1) is 8.88. The van der Waals surface area contributed by atoms with Gasteiger partial charge >= 0.3 is 6.18 Å². The summed E-state index contributed by atoms with van der Waals surface area (Å²) >= 11 is 0. The van der Waals surface area contributed by atoms with Gasteiger partial charge in [-0.25, -0.2) is 0 Å². The minimum absolute atomic E-state index is 0.442. The average Bonchev–Trinajstić information content (AvgIpc) is 2.38. The number of alkyl halides is 3. The monoisotopic (exact) mass is 266 g/mol. The van der Waals surface area contributed by atoms with Crippen molar-refractivity contribution in [2.45, 2.75) is 19.2 Å². The molecule has 1 atom stereocenters. The lowest BCUT2D eigenvalue weighted by atomic mass is 9.99. The largest absolute Gasteiger partial charge is 0.416 e. The number of halogens is 3. The highest BCUT2D eigenvalue weighted by molar-refractivity contribution is 5.33. The molecule has 0 spiro atoms. The zero-order valence-electron chi connectivity index (χ0n) is 10.3. The normalized spacial score (nSPS) is 13.3. The maximum absolute atomic E-state index is 12.4. The second-order valence-electron chi connectivity index (χ2n) is 4.43. The van der Waals surface area contributed by atoms with Crippen LogP contribution in [-0.4, -0.2) is 5.11 Å². The molecule has 4 heteroatoms. The Hall–Kier alpha value is -1.81. The summed E-state index contributed by atoms with van der Waals surface area (Å²) < 4.78 is 37.3. The highest BCUT2D eigenvalue weighted by Crippen LogP contribution is 2.31. The predicted molar refractivity (Wildman–Crippen MR) is 66.7 cm³/mol. The van der Waals surface area contributed by atoms with E-state index in [1.165, 1.54) is 12.1 Å². The van der Waals surface area contributed by atoms with Gasteiger partial charge in [-0.15, -0.1) is 0 Å². The van der Waals surface area contributed by atoms with Crippen LogP contribution in [0.15, 0.2) is 48.5 Å². The molecule has 2 aromatic carbocycles. The molecule has 1 N–H and O–H groups in total. The molecule has 2 aromatic rings. The lowest BCUT2D eigenvalue weighted by Gasteiger charge is -2.13. The number of hydrogen-bond donors (Lipinski definition) is 1. The van der Waals surface area contributed by atoms with Crippen molar-refractivity contribution in [1.29, 1.82) is 0 Å². The van der Waals surface area contributed by atoms with E-state index in [-0.39, 0.29) is 0 Å². The molecule has 100 valence electrons. The Morgan fingerprint density at radius 3 is 1.68 bits per heavy atom. The van der Waals surface area contributed by atoms with Crippen molar-refractivity contribution in [3.8, 4) is 0 Å². The molecule has 0 heterocycles. The van der Waals surface area contributed by atoms with Gasteiger partial charge < -0.3 is 5.11 Å². The Morgan fingerprint density at radius 1 is 0.842 bits per heavy atom. The fourth-order valence-corrected chi connectivity index (χ4v) is 1.80. The van der Waals surface area contributed by atoms with Crippen LogP contribution in [-0.2, 0) is 6.18 Å². The van der Waals surface area contributed by atoms with Crippen molar-refractivity contribution >= 4 is 0 Å². The van der Waals surface area contributed by atoms with E-state index >= 15 is 0 Å². The molecule has 1 nitrogen and oxygen atoms in total. The number of benzene rings is 2. The molecule has 0 radical (unpaired) electrons. The van der Waals surface area contributed by atoms with Gasteiger partial charge in [-0.3, -0.25) is 0 Å². The fraction of sp³-hybridized carbons (Fsp3) is 0.200. The topological polar surface area (TPSA) is 20.2 Å². The van der Waals surface area contributed by atoms with Crippen LogP contribution in [0.3, 0.4) is 0 Å². The molecule has 2 rings (SSSR count). The maximum Gasteiger partial charge on any atom is 0.416 e. The highest BCUT2D eigenvalue weighted by atomic mass is 19.4. The van der Waals surface area contributed by atoms with Gasteiger partial charge in [0.1, 0.15) is 6.10 Å². The molecule has 1 unspecified atom stereocenters. The zero-order valence-corrected chi connectivity index (χ0v) is 10.3. The van der Waals surface area contributed by atoms with Gasteiger partial charge in [0.05, 0.1) is 5.56 Å². The first-order valence-corrected chi connectivity index (χ1v) is 5.80. The summed E-state index contributed by atoms with van der Waals surface area (Å²) in [4.78, 5) is 0. The van der Waals surface area contributed by atoms with Gasteiger partial charge in [0.2, 0.25) is 0 Å². The summed E-state index contributed by atoms with van der Waals surface area (Å²) in [7, 11) is 0. The molecule has 0 aliphatic carbocycles. The van der Waals surface area contributed by atoms with Gasteiger partial charge in [-0.2, -0.15) is 13.2 Å². The standard InChI is InChI=1S/C15H13F3O/c1-10-2-4-11(5-3-10)14(19)12-6-8-13(9-7-12)15(16,17)18/h2-9,14,19H,1H3. The van der Waals surface area contributed by atoms with Gasteiger partial charge in [0, 0.05) is 0 Å². The van der Waals surface area contributed by atoms with E-state index in [9.17, 15) is 18.3 Å². The van der Waals surface area contributed by atoms with Crippen LogP contribution < -0.4 is 0 Å². The molecule has 0 amide bonds. The second-order valence-corrected chi connectivity index (χ2v) is 4.43. The van der Waals surface area contributed by atoms with E-state index in [0.29, 0.717) is 11.1 Å². The Labute approximate surface area is 109 Å². The van der Waals surface area contributed by atoms with E-state index < -0.39 is 17.8 Å². The molecule has 0 aromatic heterocycles. The first kappa shape index (κ1) is 13.6. The van der Waals surface area contributed by atoms with Crippen molar-refractivity contribution in [2.24, 2.45) is 0 Å². The molecule has 0 aliphatic rings. The third-order valence-electron chi connectivity index (χ3n) is 2.95.